The predicted octanol–water partition coefficient (Wildman–Crippen LogP) is 2.25. The maximum Gasteiger partial charge on any atom is 0.184 e. The smallest absolute Gasteiger partial charge is 0.184 e. The summed E-state index contributed by atoms with van der Waals surface area (Å²) in [6, 6.07) is 10.0. The normalized spacial score (nSPS) is 36.1. The van der Waals surface area contributed by atoms with Crippen molar-refractivity contribution in [1.29, 1.82) is 0 Å². The first-order valence-corrected chi connectivity index (χ1v) is 6.37. The zero-order valence-corrected chi connectivity index (χ0v) is 10.5. The summed E-state index contributed by atoms with van der Waals surface area (Å²) >= 11 is 0. The van der Waals surface area contributed by atoms with E-state index >= 15 is 0 Å². The van der Waals surface area contributed by atoms with Gasteiger partial charge in [-0.2, -0.15) is 0 Å². The van der Waals surface area contributed by atoms with Gasteiger partial charge in [0.2, 0.25) is 0 Å². The molecule has 4 heteroatoms. The maximum atomic E-state index is 5.97. The summed E-state index contributed by atoms with van der Waals surface area (Å²) in [6.07, 6.45) is 1.54. The molecule has 1 aromatic rings. The third-order valence-electron chi connectivity index (χ3n) is 3.47. The number of methoxy groups -OCH3 is 1. The van der Waals surface area contributed by atoms with E-state index in [0.717, 1.165) is 18.4 Å². The van der Waals surface area contributed by atoms with Crippen LogP contribution in [0.3, 0.4) is 0 Å². The Balaban J connectivity index is 1.65. The van der Waals surface area contributed by atoms with E-state index in [0.29, 0.717) is 6.61 Å². The molecule has 4 atom stereocenters. The van der Waals surface area contributed by atoms with E-state index in [-0.39, 0.29) is 24.8 Å². The SMILES string of the molecule is CO[C@@H]1CC[C@@H]2OC(c3ccccc3)OC[C@H]2O1. The van der Waals surface area contributed by atoms with Gasteiger partial charge in [-0.1, -0.05) is 30.3 Å². The number of rotatable bonds is 2. The van der Waals surface area contributed by atoms with Crippen LogP contribution in [0.2, 0.25) is 0 Å². The van der Waals surface area contributed by atoms with Gasteiger partial charge in [0.25, 0.3) is 0 Å². The highest BCUT2D eigenvalue weighted by atomic mass is 16.7. The molecule has 4 nitrogen and oxygen atoms in total. The first-order chi connectivity index (χ1) is 8.86. The minimum absolute atomic E-state index is 0.0105. The van der Waals surface area contributed by atoms with E-state index in [2.05, 4.69) is 0 Å². The van der Waals surface area contributed by atoms with Crippen molar-refractivity contribution in [3.63, 3.8) is 0 Å². The fraction of sp³-hybridized carbons (Fsp3) is 0.571. The Bertz CT molecular complexity index is 381. The molecule has 2 aliphatic rings. The van der Waals surface area contributed by atoms with Crippen molar-refractivity contribution in [2.45, 2.75) is 37.6 Å². The molecular formula is C14H18O4. The van der Waals surface area contributed by atoms with Gasteiger partial charge in [0.15, 0.2) is 12.6 Å². The highest BCUT2D eigenvalue weighted by molar-refractivity contribution is 5.16. The molecule has 0 spiro atoms. The summed E-state index contributed by atoms with van der Waals surface area (Å²) in [7, 11) is 1.67. The van der Waals surface area contributed by atoms with Crippen molar-refractivity contribution in [3.8, 4) is 0 Å². The van der Waals surface area contributed by atoms with Crippen molar-refractivity contribution >= 4 is 0 Å². The van der Waals surface area contributed by atoms with Gasteiger partial charge in [-0.3, -0.25) is 0 Å². The molecule has 0 aliphatic carbocycles. The summed E-state index contributed by atoms with van der Waals surface area (Å²) in [6.45, 7) is 0.560. The first-order valence-electron chi connectivity index (χ1n) is 6.37. The van der Waals surface area contributed by atoms with Crippen molar-refractivity contribution in [2.75, 3.05) is 13.7 Å². The highest BCUT2D eigenvalue weighted by Gasteiger charge is 2.38. The molecule has 0 radical (unpaired) electrons. The van der Waals surface area contributed by atoms with Crippen molar-refractivity contribution in [1.82, 2.24) is 0 Å². The molecule has 18 heavy (non-hydrogen) atoms. The number of fused-ring (bicyclic) bond motifs is 1. The molecule has 0 saturated carbocycles. The van der Waals surface area contributed by atoms with Crippen LogP contribution in [0.25, 0.3) is 0 Å². The van der Waals surface area contributed by atoms with E-state index in [1.807, 2.05) is 30.3 Å². The average Bonchev–Trinajstić information content (AvgIpc) is 2.47. The third-order valence-corrected chi connectivity index (χ3v) is 3.47. The fourth-order valence-electron chi connectivity index (χ4n) is 2.48. The molecule has 2 aliphatic heterocycles. The quantitative estimate of drug-likeness (QED) is 0.806. The van der Waals surface area contributed by atoms with Gasteiger partial charge < -0.3 is 18.9 Å². The van der Waals surface area contributed by atoms with E-state index in [4.69, 9.17) is 18.9 Å². The molecule has 0 N–H and O–H groups in total. The monoisotopic (exact) mass is 250 g/mol. The summed E-state index contributed by atoms with van der Waals surface area (Å²) in [5.41, 5.74) is 1.06. The average molecular weight is 250 g/mol. The lowest BCUT2D eigenvalue weighted by atomic mass is 10.0. The second kappa shape index (κ2) is 5.36. The molecular weight excluding hydrogens is 232 g/mol. The molecule has 2 fully saturated rings. The van der Waals surface area contributed by atoms with Crippen molar-refractivity contribution in [3.05, 3.63) is 35.9 Å². The van der Waals surface area contributed by atoms with Crippen LogP contribution in [0, 0.1) is 0 Å². The van der Waals surface area contributed by atoms with Crippen molar-refractivity contribution < 1.29 is 18.9 Å². The zero-order valence-electron chi connectivity index (χ0n) is 10.5. The number of hydrogen-bond donors (Lipinski definition) is 0. The Morgan fingerprint density at radius 1 is 1.06 bits per heavy atom. The van der Waals surface area contributed by atoms with E-state index in [9.17, 15) is 0 Å². The zero-order chi connectivity index (χ0) is 12.4. The first kappa shape index (κ1) is 12.1. The van der Waals surface area contributed by atoms with Gasteiger partial charge >= 0.3 is 0 Å². The Morgan fingerprint density at radius 3 is 2.67 bits per heavy atom. The van der Waals surface area contributed by atoms with Crippen LogP contribution in [0.1, 0.15) is 24.7 Å². The third kappa shape index (κ3) is 2.42. The highest BCUT2D eigenvalue weighted by Crippen LogP contribution is 2.33. The summed E-state index contributed by atoms with van der Waals surface area (Å²) < 4.78 is 22.7. The molecule has 2 saturated heterocycles. The number of hydrogen-bond acceptors (Lipinski definition) is 4. The lowest BCUT2D eigenvalue weighted by Gasteiger charge is -2.41. The maximum absolute atomic E-state index is 5.97. The molecule has 3 rings (SSSR count). The second-order valence-corrected chi connectivity index (χ2v) is 4.67. The standard InChI is InChI=1S/C14H18O4/c1-15-13-8-7-11-12(17-13)9-16-14(18-11)10-5-3-2-4-6-10/h2-6,11-14H,7-9H2,1H3/t11-,12+,13-,14?/m0/s1. The van der Waals surface area contributed by atoms with Crippen LogP contribution < -0.4 is 0 Å². The van der Waals surface area contributed by atoms with Crippen molar-refractivity contribution in [2.24, 2.45) is 0 Å². The number of benzene rings is 1. The van der Waals surface area contributed by atoms with Gasteiger partial charge in [-0.05, 0) is 6.42 Å². The van der Waals surface area contributed by atoms with Gasteiger partial charge in [0.1, 0.15) is 6.10 Å². The van der Waals surface area contributed by atoms with Crippen LogP contribution in [0.5, 0.6) is 0 Å². The summed E-state index contributed by atoms with van der Waals surface area (Å²) in [4.78, 5) is 0. The molecule has 1 unspecified atom stereocenters. The second-order valence-electron chi connectivity index (χ2n) is 4.67. The topological polar surface area (TPSA) is 36.9 Å². The van der Waals surface area contributed by atoms with Crippen LogP contribution in [0.4, 0.5) is 0 Å². The molecule has 2 heterocycles. The summed E-state index contributed by atoms with van der Waals surface area (Å²) in [5, 5.41) is 0. The van der Waals surface area contributed by atoms with E-state index in [1.54, 1.807) is 7.11 Å². The predicted molar refractivity (Wildman–Crippen MR) is 64.9 cm³/mol. The lowest BCUT2D eigenvalue weighted by Crippen LogP contribution is -2.48. The van der Waals surface area contributed by atoms with Crippen LogP contribution in [0.15, 0.2) is 30.3 Å². The molecule has 98 valence electrons. The summed E-state index contributed by atoms with van der Waals surface area (Å²) in [5.74, 6) is 0. The molecule has 1 aromatic carbocycles. The number of ether oxygens (including phenoxy) is 4. The fourth-order valence-corrected chi connectivity index (χ4v) is 2.48. The van der Waals surface area contributed by atoms with Crippen LogP contribution in [-0.4, -0.2) is 32.2 Å². The lowest BCUT2D eigenvalue weighted by molar-refractivity contribution is -0.313. The molecule has 0 bridgehead atoms. The minimum atomic E-state index is -0.268. The Morgan fingerprint density at radius 2 is 1.89 bits per heavy atom. The van der Waals surface area contributed by atoms with Crippen LogP contribution >= 0.6 is 0 Å². The Kier molecular flexibility index (Phi) is 3.61. The van der Waals surface area contributed by atoms with E-state index < -0.39 is 0 Å². The van der Waals surface area contributed by atoms with Gasteiger partial charge in [0.05, 0.1) is 12.7 Å². The van der Waals surface area contributed by atoms with Crippen LogP contribution in [-0.2, 0) is 18.9 Å². The molecule has 0 amide bonds. The Hall–Kier alpha value is -0.940. The van der Waals surface area contributed by atoms with E-state index in [1.165, 1.54) is 0 Å². The minimum Gasteiger partial charge on any atom is -0.356 e. The Labute approximate surface area is 107 Å². The van der Waals surface area contributed by atoms with Gasteiger partial charge in [-0.15, -0.1) is 0 Å². The molecule has 0 aromatic heterocycles. The van der Waals surface area contributed by atoms with Gasteiger partial charge in [0, 0.05) is 19.1 Å². The van der Waals surface area contributed by atoms with Gasteiger partial charge in [-0.25, -0.2) is 0 Å². The largest absolute Gasteiger partial charge is 0.356 e.